The highest BCUT2D eigenvalue weighted by Crippen LogP contribution is 2.11. The topological polar surface area (TPSA) is 148 Å². The van der Waals surface area contributed by atoms with E-state index in [0.29, 0.717) is 0 Å². The summed E-state index contributed by atoms with van der Waals surface area (Å²) in [7, 11) is 0. The van der Waals surface area contributed by atoms with Gasteiger partial charge in [0.1, 0.15) is 24.4 Å². The van der Waals surface area contributed by atoms with E-state index in [-0.39, 0.29) is 12.3 Å². The maximum absolute atomic E-state index is 11.2. The van der Waals surface area contributed by atoms with Gasteiger partial charge < -0.3 is 35.4 Å². The molecule has 0 saturated heterocycles. The minimum atomic E-state index is -2.04. The zero-order chi connectivity index (χ0) is 15.2. The van der Waals surface area contributed by atoms with Gasteiger partial charge in [-0.1, -0.05) is 13.8 Å². The molecule has 0 rings (SSSR count). The van der Waals surface area contributed by atoms with Crippen LogP contribution in [0.15, 0.2) is 0 Å². The first-order chi connectivity index (χ1) is 8.70. The summed E-state index contributed by atoms with van der Waals surface area (Å²) >= 11 is 0. The molecular formula is C11H22O8. The molecule has 0 spiro atoms. The number of esters is 1. The third-order valence-electron chi connectivity index (χ3n) is 2.40. The van der Waals surface area contributed by atoms with Crippen LogP contribution in [0, 0.1) is 5.92 Å². The summed E-state index contributed by atoms with van der Waals surface area (Å²) in [6, 6.07) is 0. The molecule has 0 aromatic carbocycles. The number of aliphatic hydroxyl groups excluding tert-OH is 6. The summed E-state index contributed by atoms with van der Waals surface area (Å²) in [5, 5.41) is 55.2. The molecule has 0 saturated carbocycles. The van der Waals surface area contributed by atoms with Gasteiger partial charge in [-0.15, -0.1) is 0 Å². The Morgan fingerprint density at radius 2 is 1.53 bits per heavy atom. The van der Waals surface area contributed by atoms with Gasteiger partial charge in [0.15, 0.2) is 0 Å². The molecule has 6 N–H and O–H groups in total. The molecule has 8 nitrogen and oxygen atoms in total. The van der Waals surface area contributed by atoms with Crippen LogP contribution in [0.3, 0.4) is 0 Å². The van der Waals surface area contributed by atoms with E-state index in [9.17, 15) is 25.2 Å². The number of hydrogen-bond donors (Lipinski definition) is 6. The smallest absolute Gasteiger partial charge is 0.308 e. The Morgan fingerprint density at radius 1 is 1.00 bits per heavy atom. The number of carbonyl (C=O) groups is 1. The van der Waals surface area contributed by atoms with Gasteiger partial charge in [0, 0.05) is 6.42 Å². The molecule has 0 aliphatic rings. The van der Waals surface area contributed by atoms with Crippen molar-refractivity contribution in [3.8, 4) is 0 Å². The van der Waals surface area contributed by atoms with Crippen LogP contribution in [-0.4, -0.2) is 73.9 Å². The molecule has 0 fully saturated rings. The van der Waals surface area contributed by atoms with E-state index >= 15 is 0 Å². The Labute approximate surface area is 110 Å². The molecule has 0 aliphatic carbocycles. The van der Waals surface area contributed by atoms with Gasteiger partial charge in [0.05, 0.1) is 6.61 Å². The Morgan fingerprint density at radius 3 is 1.95 bits per heavy atom. The Kier molecular flexibility index (Phi) is 8.07. The van der Waals surface area contributed by atoms with Crippen molar-refractivity contribution < 1.29 is 40.2 Å². The highest BCUT2D eigenvalue weighted by Gasteiger charge is 2.35. The van der Waals surface area contributed by atoms with Crippen LogP contribution in [0.25, 0.3) is 0 Å². The molecular weight excluding hydrogens is 260 g/mol. The van der Waals surface area contributed by atoms with Gasteiger partial charge in [-0.25, -0.2) is 0 Å². The predicted molar refractivity (Wildman–Crippen MR) is 62.7 cm³/mol. The van der Waals surface area contributed by atoms with Crippen LogP contribution in [0.4, 0.5) is 0 Å². The standard InChI is InChI=1S/C11H22O8/c1-5(2)3-7(14)19-11(18)10(17)9(16)8(15)6(13)4-12/h5-6,8-13,15-18H,3-4H2,1-2H3/t6-,8+,9+,10+,11?/m0/s1. The molecule has 1 unspecified atom stereocenters. The molecule has 0 amide bonds. The molecule has 8 heteroatoms. The number of carbonyl (C=O) groups excluding carboxylic acids is 1. The summed E-state index contributed by atoms with van der Waals surface area (Å²) < 4.78 is 4.46. The third kappa shape index (κ3) is 6.28. The van der Waals surface area contributed by atoms with Gasteiger partial charge in [-0.3, -0.25) is 4.79 Å². The fraction of sp³-hybridized carbons (Fsp3) is 0.909. The van der Waals surface area contributed by atoms with Gasteiger partial charge in [-0.2, -0.15) is 0 Å². The van der Waals surface area contributed by atoms with E-state index in [1.165, 1.54) is 0 Å². The lowest BCUT2D eigenvalue weighted by atomic mass is 10.0. The average Bonchev–Trinajstić information content (AvgIpc) is 2.33. The molecule has 0 aromatic heterocycles. The second-order valence-electron chi connectivity index (χ2n) is 4.70. The van der Waals surface area contributed by atoms with Crippen molar-refractivity contribution >= 4 is 5.97 Å². The predicted octanol–water partition coefficient (Wildman–Crippen LogP) is -2.67. The molecule has 0 aliphatic heterocycles. The number of aliphatic hydroxyl groups is 6. The van der Waals surface area contributed by atoms with Crippen LogP contribution in [0.2, 0.25) is 0 Å². The molecule has 114 valence electrons. The highest BCUT2D eigenvalue weighted by molar-refractivity contribution is 5.69. The third-order valence-corrected chi connectivity index (χ3v) is 2.40. The first-order valence-electron chi connectivity index (χ1n) is 5.91. The van der Waals surface area contributed by atoms with Crippen molar-refractivity contribution in [2.24, 2.45) is 5.92 Å². The molecule has 0 aromatic rings. The van der Waals surface area contributed by atoms with Crippen molar-refractivity contribution in [3.63, 3.8) is 0 Å². The van der Waals surface area contributed by atoms with E-state index in [4.69, 9.17) is 10.2 Å². The SMILES string of the molecule is CC(C)CC(=O)OC(O)[C@H](O)[C@H](O)[C@H](O)[C@@H](O)CO. The summed E-state index contributed by atoms with van der Waals surface area (Å²) in [5.41, 5.74) is 0. The van der Waals surface area contributed by atoms with Gasteiger partial charge in [0.2, 0.25) is 6.29 Å². The van der Waals surface area contributed by atoms with Crippen molar-refractivity contribution in [2.75, 3.05) is 6.61 Å². The normalized spacial score (nSPS) is 19.6. The number of hydrogen-bond acceptors (Lipinski definition) is 8. The molecule has 0 bridgehead atoms. The fourth-order valence-corrected chi connectivity index (χ4v) is 1.29. The van der Waals surface area contributed by atoms with Crippen LogP contribution >= 0.6 is 0 Å². The second kappa shape index (κ2) is 8.41. The van der Waals surface area contributed by atoms with E-state index in [0.717, 1.165) is 0 Å². The number of rotatable bonds is 8. The number of ether oxygens (including phenoxy) is 1. The van der Waals surface area contributed by atoms with E-state index < -0.39 is 43.3 Å². The largest absolute Gasteiger partial charge is 0.433 e. The molecule has 19 heavy (non-hydrogen) atoms. The first-order valence-corrected chi connectivity index (χ1v) is 5.91. The lowest BCUT2D eigenvalue weighted by Crippen LogP contribution is -2.51. The maximum atomic E-state index is 11.2. The zero-order valence-corrected chi connectivity index (χ0v) is 10.9. The monoisotopic (exact) mass is 282 g/mol. The van der Waals surface area contributed by atoms with Crippen molar-refractivity contribution in [2.45, 2.75) is 51.0 Å². The van der Waals surface area contributed by atoms with Gasteiger partial charge in [0.25, 0.3) is 0 Å². The van der Waals surface area contributed by atoms with Gasteiger partial charge in [-0.05, 0) is 5.92 Å². The van der Waals surface area contributed by atoms with Gasteiger partial charge >= 0.3 is 5.97 Å². The quantitative estimate of drug-likeness (QED) is 0.209. The van der Waals surface area contributed by atoms with Crippen molar-refractivity contribution in [1.82, 2.24) is 0 Å². The minimum absolute atomic E-state index is 0.0106. The summed E-state index contributed by atoms with van der Waals surface area (Å²) in [5.74, 6) is -0.783. The zero-order valence-electron chi connectivity index (χ0n) is 10.9. The van der Waals surface area contributed by atoms with E-state index in [2.05, 4.69) is 4.74 Å². The maximum Gasteiger partial charge on any atom is 0.308 e. The van der Waals surface area contributed by atoms with Crippen LogP contribution in [0.1, 0.15) is 20.3 Å². The minimum Gasteiger partial charge on any atom is -0.433 e. The molecule has 5 atom stereocenters. The lowest BCUT2D eigenvalue weighted by molar-refractivity contribution is -0.214. The van der Waals surface area contributed by atoms with Crippen LogP contribution in [-0.2, 0) is 9.53 Å². The average molecular weight is 282 g/mol. The lowest BCUT2D eigenvalue weighted by Gasteiger charge is -2.28. The highest BCUT2D eigenvalue weighted by atomic mass is 16.6. The molecule has 0 heterocycles. The summed E-state index contributed by atoms with van der Waals surface area (Å²) in [6.45, 7) is 2.66. The summed E-state index contributed by atoms with van der Waals surface area (Å²) in [4.78, 5) is 11.2. The second-order valence-corrected chi connectivity index (χ2v) is 4.70. The Balaban J connectivity index is 4.39. The Bertz CT molecular complexity index is 269. The Hall–Kier alpha value is -0.770. The van der Waals surface area contributed by atoms with Crippen LogP contribution < -0.4 is 0 Å². The fourth-order valence-electron chi connectivity index (χ4n) is 1.29. The summed E-state index contributed by atoms with van der Waals surface area (Å²) in [6.07, 6.45) is -9.60. The molecule has 0 radical (unpaired) electrons. The van der Waals surface area contributed by atoms with Crippen LogP contribution in [0.5, 0.6) is 0 Å². The van der Waals surface area contributed by atoms with E-state index in [1.807, 2.05) is 0 Å². The van der Waals surface area contributed by atoms with Crippen molar-refractivity contribution in [3.05, 3.63) is 0 Å². The first kappa shape index (κ1) is 18.2. The van der Waals surface area contributed by atoms with E-state index in [1.54, 1.807) is 13.8 Å². The van der Waals surface area contributed by atoms with Crippen molar-refractivity contribution in [1.29, 1.82) is 0 Å².